The number of anilines is 2. The van der Waals surface area contributed by atoms with Crippen molar-refractivity contribution in [1.82, 2.24) is 20.4 Å². The number of rotatable bonds is 5. The highest BCUT2D eigenvalue weighted by molar-refractivity contribution is 6.01. The Bertz CT molecular complexity index is 1940. The van der Waals surface area contributed by atoms with E-state index in [-0.39, 0.29) is 23.6 Å². The third-order valence-electron chi connectivity index (χ3n) is 12.3. The number of fused-ring (bicyclic) bond motifs is 11. The number of nitrogens with zero attached hydrogens (tertiary/aromatic N) is 2. The summed E-state index contributed by atoms with van der Waals surface area (Å²) in [5.74, 6) is -0.632. The molecule has 4 amide bonds. The Morgan fingerprint density at radius 3 is 1.30 bits per heavy atom. The lowest BCUT2D eigenvalue weighted by Crippen LogP contribution is -2.67. The van der Waals surface area contributed by atoms with E-state index in [0.29, 0.717) is 25.7 Å². The van der Waals surface area contributed by atoms with Crippen LogP contribution in [0.3, 0.4) is 0 Å². The number of nitrogens with one attached hydrogen (secondary N) is 4. The van der Waals surface area contributed by atoms with Gasteiger partial charge in [-0.15, -0.1) is 0 Å². The number of hydrogen-bond donors (Lipinski definition) is 4. The van der Waals surface area contributed by atoms with Gasteiger partial charge in [0, 0.05) is 24.2 Å². The maximum Gasteiger partial charge on any atom is 0.247 e. The number of hydrogen-bond acceptors (Lipinski definition) is 6. The lowest BCUT2D eigenvalue weighted by molar-refractivity contribution is -0.149. The van der Waals surface area contributed by atoms with Crippen LogP contribution in [0.15, 0.2) is 109 Å². The van der Waals surface area contributed by atoms with Gasteiger partial charge in [-0.25, -0.2) is 0 Å². The highest BCUT2D eigenvalue weighted by Gasteiger charge is 2.78. The van der Waals surface area contributed by atoms with Crippen LogP contribution in [0.5, 0.6) is 0 Å². The summed E-state index contributed by atoms with van der Waals surface area (Å²) in [6.07, 6.45) is 0.273. The zero-order chi connectivity index (χ0) is 33.8. The topological polar surface area (TPSA) is 123 Å². The summed E-state index contributed by atoms with van der Waals surface area (Å²) in [6.45, 7) is 0. The molecule has 4 aromatic rings. The van der Waals surface area contributed by atoms with Gasteiger partial charge in [-0.1, -0.05) is 97.1 Å². The molecule has 0 aliphatic carbocycles. The number of benzene rings is 4. The first-order chi connectivity index (χ1) is 24.4. The summed E-state index contributed by atoms with van der Waals surface area (Å²) in [5, 5.41) is 13.6. The number of piperazine rings is 2. The molecule has 6 heterocycles. The van der Waals surface area contributed by atoms with Crippen LogP contribution in [0.1, 0.15) is 35.1 Å². The molecule has 4 aromatic carbocycles. The number of carbonyl (C=O) groups excluding carboxylic acids is 4. The van der Waals surface area contributed by atoms with Crippen LogP contribution >= 0.6 is 0 Å². The van der Waals surface area contributed by atoms with Gasteiger partial charge in [0.05, 0.1) is 10.8 Å². The second-order valence-electron chi connectivity index (χ2n) is 14.6. The predicted molar refractivity (Wildman–Crippen MR) is 186 cm³/mol. The molecule has 50 heavy (non-hydrogen) atoms. The van der Waals surface area contributed by atoms with E-state index in [1.807, 2.05) is 97.1 Å². The van der Waals surface area contributed by atoms with Gasteiger partial charge >= 0.3 is 0 Å². The monoisotopic (exact) mass is 664 g/mol. The van der Waals surface area contributed by atoms with Crippen molar-refractivity contribution in [1.29, 1.82) is 0 Å². The lowest BCUT2D eigenvalue weighted by atomic mass is 9.54. The molecule has 1 unspecified atom stereocenters. The van der Waals surface area contributed by atoms with Crippen molar-refractivity contribution < 1.29 is 19.2 Å². The van der Waals surface area contributed by atoms with E-state index in [2.05, 4.69) is 33.4 Å². The van der Waals surface area contributed by atoms with E-state index in [1.54, 1.807) is 9.80 Å². The van der Waals surface area contributed by atoms with Crippen LogP contribution in [0.2, 0.25) is 0 Å². The van der Waals surface area contributed by atoms with Crippen molar-refractivity contribution in [2.24, 2.45) is 0 Å². The van der Waals surface area contributed by atoms with E-state index in [4.69, 9.17) is 0 Å². The van der Waals surface area contributed by atoms with Gasteiger partial charge < -0.3 is 31.1 Å². The number of amides is 4. The fraction of sp³-hybridized carbons (Fsp3) is 0.300. The average Bonchev–Trinajstić information content (AvgIpc) is 3.85. The summed E-state index contributed by atoms with van der Waals surface area (Å²) < 4.78 is 0. The van der Waals surface area contributed by atoms with E-state index in [9.17, 15) is 19.2 Å². The molecule has 0 bridgehead atoms. The van der Waals surface area contributed by atoms with E-state index in [1.165, 1.54) is 0 Å². The molecule has 6 aliphatic heterocycles. The molecule has 10 rings (SSSR count). The Morgan fingerprint density at radius 1 is 0.500 bits per heavy atom. The molecule has 0 spiro atoms. The van der Waals surface area contributed by atoms with Crippen LogP contribution < -0.4 is 21.3 Å². The zero-order valence-electron chi connectivity index (χ0n) is 27.2. The van der Waals surface area contributed by atoms with E-state index >= 15 is 0 Å². The minimum atomic E-state index is -0.861. The first-order valence-electron chi connectivity index (χ1n) is 17.5. The predicted octanol–water partition coefficient (Wildman–Crippen LogP) is 3.05. The lowest BCUT2D eigenvalue weighted by Gasteiger charge is -2.48. The molecule has 0 saturated carbocycles. The van der Waals surface area contributed by atoms with Crippen molar-refractivity contribution >= 4 is 35.0 Å². The fourth-order valence-electron chi connectivity index (χ4n) is 10.4. The second kappa shape index (κ2) is 10.4. The first-order valence-corrected chi connectivity index (χ1v) is 17.5. The van der Waals surface area contributed by atoms with E-state index < -0.39 is 47.3 Å². The van der Waals surface area contributed by atoms with Crippen molar-refractivity contribution in [3.8, 4) is 0 Å². The van der Waals surface area contributed by atoms with Crippen LogP contribution in [0.25, 0.3) is 0 Å². The SMILES string of the molecule is O=C1N[C@@H](Cc2ccccc2)C(=O)N2[C@@H]1CC1([C@]34C[C@@H]5C(=O)N[C@H](Cc6ccccc6)C(=O)N5[C@@H]3Nc3ccccc34)c3ccccc3N[C@@H]21. The molecule has 4 fully saturated rings. The van der Waals surface area contributed by atoms with E-state index in [0.717, 1.165) is 33.6 Å². The normalized spacial score (nSPS) is 32.9. The molecule has 4 N–H and O–H groups in total. The van der Waals surface area contributed by atoms with Gasteiger partial charge in [0.2, 0.25) is 23.6 Å². The smallest absolute Gasteiger partial charge is 0.247 e. The van der Waals surface area contributed by atoms with Gasteiger partial charge in [0.25, 0.3) is 0 Å². The molecule has 4 saturated heterocycles. The third kappa shape index (κ3) is 3.73. The molecule has 250 valence electrons. The van der Waals surface area contributed by atoms with Crippen LogP contribution in [-0.4, -0.2) is 69.9 Å². The van der Waals surface area contributed by atoms with Gasteiger partial charge in [-0.2, -0.15) is 0 Å². The highest BCUT2D eigenvalue weighted by Crippen LogP contribution is 2.68. The van der Waals surface area contributed by atoms with Crippen LogP contribution in [0.4, 0.5) is 11.4 Å². The molecular weight excluding hydrogens is 628 g/mol. The summed E-state index contributed by atoms with van der Waals surface area (Å²) >= 11 is 0. The minimum absolute atomic E-state index is 0.134. The molecule has 6 aliphatic rings. The molecule has 10 nitrogen and oxygen atoms in total. The Balaban J connectivity index is 1.13. The summed E-state index contributed by atoms with van der Waals surface area (Å²) in [5.41, 5.74) is 4.00. The van der Waals surface area contributed by atoms with Crippen molar-refractivity contribution in [2.45, 2.75) is 73.0 Å². The first kappa shape index (κ1) is 29.3. The fourth-order valence-corrected chi connectivity index (χ4v) is 10.4. The summed E-state index contributed by atoms with van der Waals surface area (Å²) in [4.78, 5) is 61.2. The molecule has 8 atom stereocenters. The average molecular weight is 665 g/mol. The maximum atomic E-state index is 14.6. The van der Waals surface area contributed by atoms with Crippen LogP contribution in [-0.2, 0) is 42.8 Å². The molecule has 10 heteroatoms. The number of para-hydroxylation sites is 2. The van der Waals surface area contributed by atoms with Crippen molar-refractivity contribution in [2.75, 3.05) is 10.6 Å². The minimum Gasteiger partial charge on any atom is -0.364 e. The Hall–Kier alpha value is -5.64. The van der Waals surface area contributed by atoms with Gasteiger partial charge in [0.1, 0.15) is 36.5 Å². The zero-order valence-corrected chi connectivity index (χ0v) is 27.2. The maximum absolute atomic E-state index is 14.6. The standard InChI is InChI=1S/C40H36N6O4/c47-33-31-21-39(25-15-7-9-17-27(25)43-37(39)45(31)35(49)29(41-33)19-23-11-3-1-4-12-23)40-22-32-34(48)42-30(20-24-13-5-2-6-14-24)36(50)46(32)38(40)44-28-18-10-8-16-26(28)40/h1-18,29-32,37-38,43-44H,19-22H2,(H,41,47)(H,42,48)/t29-,30+,31-,32-,37+,38+,39+,40?/m1/s1. The quantitative estimate of drug-likeness (QED) is 0.260. The Morgan fingerprint density at radius 2 is 0.880 bits per heavy atom. The molecular formula is C40H36N6O4. The third-order valence-corrected chi connectivity index (χ3v) is 12.3. The van der Waals surface area contributed by atoms with Gasteiger partial charge in [-0.05, 0) is 47.2 Å². The van der Waals surface area contributed by atoms with Gasteiger partial charge in [0.15, 0.2) is 0 Å². The van der Waals surface area contributed by atoms with Crippen molar-refractivity contribution in [3.63, 3.8) is 0 Å². The Labute approximate surface area is 289 Å². The highest BCUT2D eigenvalue weighted by atomic mass is 16.2. The second-order valence-corrected chi connectivity index (χ2v) is 14.6. The largest absolute Gasteiger partial charge is 0.364 e. The number of carbonyl (C=O) groups is 4. The summed E-state index contributed by atoms with van der Waals surface area (Å²) in [6, 6.07) is 32.8. The summed E-state index contributed by atoms with van der Waals surface area (Å²) in [7, 11) is 0. The molecule has 0 radical (unpaired) electrons. The van der Waals surface area contributed by atoms with Crippen molar-refractivity contribution in [3.05, 3.63) is 131 Å². The molecule has 0 aromatic heterocycles. The van der Waals surface area contributed by atoms with Gasteiger partial charge in [-0.3, -0.25) is 19.2 Å². The Kier molecular flexibility index (Phi) is 6.11. The van der Waals surface area contributed by atoms with Crippen LogP contribution in [0, 0.1) is 0 Å².